The van der Waals surface area contributed by atoms with Crippen LogP contribution < -0.4 is 16.0 Å². The van der Waals surface area contributed by atoms with Crippen molar-refractivity contribution in [3.63, 3.8) is 0 Å². The lowest BCUT2D eigenvalue weighted by Crippen LogP contribution is -2.33. The highest BCUT2D eigenvalue weighted by Crippen LogP contribution is 2.15. The number of hydrogen-bond acceptors (Lipinski definition) is 4. The minimum Gasteiger partial charge on any atom is -0.467 e. The molecule has 30 heavy (non-hydrogen) atoms. The van der Waals surface area contributed by atoms with E-state index in [-0.39, 0.29) is 23.5 Å². The Hall–Kier alpha value is -3.71. The second kappa shape index (κ2) is 10.2. The molecule has 0 atom stereocenters. The van der Waals surface area contributed by atoms with Crippen molar-refractivity contribution in [1.82, 2.24) is 10.6 Å². The van der Waals surface area contributed by atoms with E-state index in [1.54, 1.807) is 48.7 Å². The summed E-state index contributed by atoms with van der Waals surface area (Å²) in [6, 6.07) is 18.2. The largest absolute Gasteiger partial charge is 0.467 e. The maximum absolute atomic E-state index is 12.5. The second-order valence-electron chi connectivity index (χ2n) is 6.50. The Labute approximate surface area is 180 Å². The Bertz CT molecular complexity index is 1060. The summed E-state index contributed by atoms with van der Waals surface area (Å²) in [7, 11) is 0. The molecule has 3 N–H and O–H groups in total. The number of thiocarbonyl (C=S) groups is 1. The summed E-state index contributed by atoms with van der Waals surface area (Å²) in [6.07, 6.45) is 4.65. The maximum Gasteiger partial charge on any atom is 0.253 e. The summed E-state index contributed by atoms with van der Waals surface area (Å²) < 4.78 is 5.21. The second-order valence-corrected chi connectivity index (χ2v) is 6.90. The van der Waals surface area contributed by atoms with E-state index in [0.29, 0.717) is 17.0 Å². The zero-order chi connectivity index (χ0) is 21.3. The molecule has 0 bridgehead atoms. The molecule has 3 aromatic rings. The summed E-state index contributed by atoms with van der Waals surface area (Å²) in [5, 5.41) is 8.36. The van der Waals surface area contributed by atoms with Gasteiger partial charge in [-0.15, -0.1) is 0 Å². The number of anilines is 1. The average molecular weight is 420 g/mol. The SMILES string of the molecule is Cc1ccc(/C=C/C(=O)NC(=S)Nc2ccccc2C(=O)NCc2ccco2)cc1. The summed E-state index contributed by atoms with van der Waals surface area (Å²) in [5.41, 5.74) is 2.94. The van der Waals surface area contributed by atoms with Gasteiger partial charge in [0.15, 0.2) is 5.11 Å². The molecule has 0 aliphatic rings. The highest BCUT2D eigenvalue weighted by molar-refractivity contribution is 7.80. The van der Waals surface area contributed by atoms with Crippen molar-refractivity contribution in [1.29, 1.82) is 0 Å². The van der Waals surface area contributed by atoms with Gasteiger partial charge in [-0.25, -0.2) is 0 Å². The Kier molecular flexibility index (Phi) is 7.13. The molecular formula is C23H21N3O3S. The first-order valence-corrected chi connectivity index (χ1v) is 9.68. The van der Waals surface area contributed by atoms with Gasteiger partial charge in [0.25, 0.3) is 5.91 Å². The van der Waals surface area contributed by atoms with Gasteiger partial charge in [-0.2, -0.15) is 0 Å². The topological polar surface area (TPSA) is 83.4 Å². The van der Waals surface area contributed by atoms with Crippen molar-refractivity contribution in [2.75, 3.05) is 5.32 Å². The number of hydrogen-bond donors (Lipinski definition) is 3. The number of aryl methyl sites for hydroxylation is 1. The molecule has 0 radical (unpaired) electrons. The van der Waals surface area contributed by atoms with E-state index in [0.717, 1.165) is 11.1 Å². The van der Waals surface area contributed by atoms with Crippen LogP contribution in [0.3, 0.4) is 0 Å². The fraction of sp³-hybridized carbons (Fsp3) is 0.0870. The number of carbonyl (C=O) groups is 2. The zero-order valence-electron chi connectivity index (χ0n) is 16.3. The highest BCUT2D eigenvalue weighted by atomic mass is 32.1. The van der Waals surface area contributed by atoms with Crippen molar-refractivity contribution in [2.24, 2.45) is 0 Å². The Morgan fingerprint density at radius 1 is 1.03 bits per heavy atom. The van der Waals surface area contributed by atoms with Crippen LogP contribution in [0.4, 0.5) is 5.69 Å². The molecule has 2 amide bonds. The molecule has 0 spiro atoms. The van der Waals surface area contributed by atoms with E-state index in [4.69, 9.17) is 16.6 Å². The summed E-state index contributed by atoms with van der Waals surface area (Å²) >= 11 is 5.21. The van der Waals surface area contributed by atoms with Crippen LogP contribution in [0.5, 0.6) is 0 Å². The molecule has 6 nitrogen and oxygen atoms in total. The Morgan fingerprint density at radius 3 is 2.53 bits per heavy atom. The van der Waals surface area contributed by atoms with Crippen molar-refractivity contribution < 1.29 is 14.0 Å². The van der Waals surface area contributed by atoms with Gasteiger partial charge in [0.2, 0.25) is 5.91 Å². The Balaban J connectivity index is 1.57. The van der Waals surface area contributed by atoms with Crippen LogP contribution in [-0.4, -0.2) is 16.9 Å². The van der Waals surface area contributed by atoms with Gasteiger partial charge in [-0.05, 0) is 55.0 Å². The number of para-hydroxylation sites is 1. The van der Waals surface area contributed by atoms with Gasteiger partial charge in [0.1, 0.15) is 5.76 Å². The summed E-state index contributed by atoms with van der Waals surface area (Å²) in [5.74, 6) is -0.00680. The fourth-order valence-electron chi connectivity index (χ4n) is 2.62. The quantitative estimate of drug-likeness (QED) is 0.415. The number of amides is 2. The highest BCUT2D eigenvalue weighted by Gasteiger charge is 2.12. The third-order valence-corrected chi connectivity index (χ3v) is 4.37. The first-order chi connectivity index (χ1) is 14.5. The molecule has 0 saturated carbocycles. The van der Waals surface area contributed by atoms with Gasteiger partial charge >= 0.3 is 0 Å². The molecular weight excluding hydrogens is 398 g/mol. The number of benzene rings is 2. The summed E-state index contributed by atoms with van der Waals surface area (Å²) in [6.45, 7) is 2.27. The zero-order valence-corrected chi connectivity index (χ0v) is 17.2. The van der Waals surface area contributed by atoms with Crippen LogP contribution >= 0.6 is 12.2 Å². The van der Waals surface area contributed by atoms with Gasteiger partial charge in [-0.1, -0.05) is 42.0 Å². The van der Waals surface area contributed by atoms with Gasteiger partial charge in [0, 0.05) is 6.08 Å². The number of rotatable bonds is 6. The van der Waals surface area contributed by atoms with Crippen LogP contribution in [0.2, 0.25) is 0 Å². The Morgan fingerprint density at radius 2 is 1.80 bits per heavy atom. The normalized spacial score (nSPS) is 10.6. The van der Waals surface area contributed by atoms with E-state index < -0.39 is 0 Å². The third kappa shape index (κ3) is 6.15. The van der Waals surface area contributed by atoms with Crippen molar-refractivity contribution in [3.05, 3.63) is 95.5 Å². The molecule has 0 aliphatic heterocycles. The van der Waals surface area contributed by atoms with E-state index in [9.17, 15) is 9.59 Å². The summed E-state index contributed by atoms with van der Waals surface area (Å²) in [4.78, 5) is 24.6. The lowest BCUT2D eigenvalue weighted by atomic mass is 10.1. The van der Waals surface area contributed by atoms with Crippen LogP contribution in [0, 0.1) is 6.92 Å². The monoisotopic (exact) mass is 419 g/mol. The lowest BCUT2D eigenvalue weighted by molar-refractivity contribution is -0.115. The molecule has 1 heterocycles. The number of furan rings is 1. The maximum atomic E-state index is 12.5. The number of carbonyl (C=O) groups excluding carboxylic acids is 2. The molecule has 0 aliphatic carbocycles. The van der Waals surface area contributed by atoms with Crippen LogP contribution in [0.1, 0.15) is 27.2 Å². The molecule has 3 rings (SSSR count). The predicted molar refractivity (Wildman–Crippen MR) is 121 cm³/mol. The molecule has 7 heteroatoms. The van der Waals surface area contributed by atoms with Crippen LogP contribution in [-0.2, 0) is 11.3 Å². The van der Waals surface area contributed by atoms with Gasteiger partial charge in [0.05, 0.1) is 24.1 Å². The fourth-order valence-corrected chi connectivity index (χ4v) is 2.83. The predicted octanol–water partition coefficient (Wildman–Crippen LogP) is 4.04. The van der Waals surface area contributed by atoms with E-state index in [1.807, 2.05) is 31.2 Å². The standard InChI is InChI=1S/C23H21N3O3S/c1-16-8-10-17(11-9-16)12-13-21(27)26-23(30)25-20-7-3-2-6-19(20)22(28)24-15-18-5-4-14-29-18/h2-14H,15H2,1H3,(H,24,28)(H2,25,26,27,30)/b13-12+. The first-order valence-electron chi connectivity index (χ1n) is 9.27. The van der Waals surface area contributed by atoms with Gasteiger partial charge < -0.3 is 15.1 Å². The molecule has 2 aromatic carbocycles. The number of nitrogens with one attached hydrogen (secondary N) is 3. The molecule has 152 valence electrons. The minimum atomic E-state index is -0.368. The average Bonchev–Trinajstić information content (AvgIpc) is 3.25. The molecule has 1 aromatic heterocycles. The molecule has 0 unspecified atom stereocenters. The van der Waals surface area contributed by atoms with Crippen molar-refractivity contribution in [3.8, 4) is 0 Å². The van der Waals surface area contributed by atoms with Crippen molar-refractivity contribution in [2.45, 2.75) is 13.5 Å². The minimum absolute atomic E-state index is 0.0971. The molecule has 0 fully saturated rings. The van der Waals surface area contributed by atoms with E-state index in [1.165, 1.54) is 6.08 Å². The first kappa shape index (κ1) is 21.0. The third-order valence-electron chi connectivity index (χ3n) is 4.16. The van der Waals surface area contributed by atoms with E-state index >= 15 is 0 Å². The smallest absolute Gasteiger partial charge is 0.253 e. The van der Waals surface area contributed by atoms with Gasteiger partial charge in [-0.3, -0.25) is 14.9 Å². The van der Waals surface area contributed by atoms with E-state index in [2.05, 4.69) is 16.0 Å². The molecule has 0 saturated heterocycles. The lowest BCUT2D eigenvalue weighted by Gasteiger charge is -2.12. The van der Waals surface area contributed by atoms with Crippen molar-refractivity contribution >= 4 is 40.9 Å². The van der Waals surface area contributed by atoms with Crippen LogP contribution in [0.15, 0.2) is 77.4 Å². The van der Waals surface area contributed by atoms with Crippen LogP contribution in [0.25, 0.3) is 6.08 Å².